The first-order chi connectivity index (χ1) is 14.1. The zero-order valence-electron chi connectivity index (χ0n) is 16.0. The highest BCUT2D eigenvalue weighted by Gasteiger charge is 2.17. The van der Waals surface area contributed by atoms with Crippen LogP contribution in [0.25, 0.3) is 10.9 Å². The van der Waals surface area contributed by atoms with Gasteiger partial charge in [0.1, 0.15) is 6.07 Å². The number of aromatic nitrogens is 1. The molecule has 2 N–H and O–H groups in total. The largest absolute Gasteiger partial charge is 0.493 e. The second kappa shape index (κ2) is 9.53. The van der Waals surface area contributed by atoms with Gasteiger partial charge in [0.25, 0.3) is 5.91 Å². The van der Waals surface area contributed by atoms with Gasteiger partial charge in [-0.2, -0.15) is 5.26 Å². The van der Waals surface area contributed by atoms with Gasteiger partial charge in [-0.05, 0) is 36.2 Å². The van der Waals surface area contributed by atoms with E-state index in [4.69, 9.17) is 14.7 Å². The second-order valence-corrected chi connectivity index (χ2v) is 6.34. The summed E-state index contributed by atoms with van der Waals surface area (Å²) in [6.45, 7) is 0.283. The van der Waals surface area contributed by atoms with Gasteiger partial charge < -0.3 is 19.9 Å². The average molecular weight is 391 g/mol. The Morgan fingerprint density at radius 1 is 1.24 bits per heavy atom. The van der Waals surface area contributed by atoms with E-state index in [2.05, 4.69) is 10.3 Å². The fourth-order valence-electron chi connectivity index (χ4n) is 2.91. The van der Waals surface area contributed by atoms with Crippen molar-refractivity contribution in [3.63, 3.8) is 0 Å². The number of aliphatic hydroxyl groups excluding tert-OH is 1. The maximum atomic E-state index is 12.3. The number of hydrogen-bond donors (Lipinski definition) is 2. The molecule has 0 saturated carbocycles. The number of fused-ring (bicyclic) bond motifs is 1. The average Bonchev–Trinajstić information content (AvgIpc) is 2.77. The van der Waals surface area contributed by atoms with Gasteiger partial charge >= 0.3 is 0 Å². The van der Waals surface area contributed by atoms with Crippen molar-refractivity contribution in [2.45, 2.75) is 12.5 Å². The molecule has 0 aliphatic carbocycles. The predicted octanol–water partition coefficient (Wildman–Crippen LogP) is 2.54. The van der Waals surface area contributed by atoms with E-state index < -0.39 is 12.0 Å². The smallest absolute Gasteiger partial charge is 0.253 e. The van der Waals surface area contributed by atoms with E-state index in [0.29, 0.717) is 30.0 Å². The quantitative estimate of drug-likeness (QED) is 0.611. The summed E-state index contributed by atoms with van der Waals surface area (Å²) < 4.78 is 10.6. The minimum Gasteiger partial charge on any atom is -0.493 e. The number of nitrogens with one attached hydrogen (secondary N) is 1. The van der Waals surface area contributed by atoms with Crippen molar-refractivity contribution < 1.29 is 19.4 Å². The molecule has 1 atom stereocenters. The van der Waals surface area contributed by atoms with Crippen LogP contribution in [0.4, 0.5) is 0 Å². The first-order valence-corrected chi connectivity index (χ1v) is 9.09. The molecule has 2 aromatic carbocycles. The minimum atomic E-state index is -1.29. The molecule has 0 aliphatic rings. The fraction of sp³-hybridized carbons (Fsp3) is 0.227. The summed E-state index contributed by atoms with van der Waals surface area (Å²) in [6, 6.07) is 16.5. The van der Waals surface area contributed by atoms with Crippen molar-refractivity contribution in [2.24, 2.45) is 0 Å². The number of nitriles is 1. The third-order valence-electron chi connectivity index (χ3n) is 4.41. The highest BCUT2D eigenvalue weighted by Crippen LogP contribution is 2.28. The number of amides is 1. The number of ether oxygens (including phenoxy) is 2. The summed E-state index contributed by atoms with van der Waals surface area (Å²) in [6.07, 6.45) is 0.768. The van der Waals surface area contributed by atoms with Crippen LogP contribution in [-0.2, 0) is 11.2 Å². The van der Waals surface area contributed by atoms with Gasteiger partial charge in [-0.3, -0.25) is 9.78 Å². The van der Waals surface area contributed by atoms with Crippen molar-refractivity contribution >= 4 is 16.8 Å². The zero-order valence-corrected chi connectivity index (χ0v) is 16.0. The van der Waals surface area contributed by atoms with E-state index in [1.165, 1.54) is 13.3 Å². The number of hydrogen-bond acceptors (Lipinski definition) is 6. The molecule has 1 aromatic heterocycles. The lowest BCUT2D eigenvalue weighted by molar-refractivity contribution is -0.129. The van der Waals surface area contributed by atoms with Gasteiger partial charge in [-0.25, -0.2) is 0 Å². The van der Waals surface area contributed by atoms with E-state index in [0.717, 1.165) is 16.5 Å². The zero-order chi connectivity index (χ0) is 20.6. The summed E-state index contributed by atoms with van der Waals surface area (Å²) in [4.78, 5) is 16.6. The normalized spacial score (nSPS) is 11.5. The summed E-state index contributed by atoms with van der Waals surface area (Å²) >= 11 is 0. The molecule has 1 amide bonds. The molecule has 148 valence electrons. The van der Waals surface area contributed by atoms with Crippen LogP contribution in [0.5, 0.6) is 11.5 Å². The van der Waals surface area contributed by atoms with Gasteiger partial charge in [0.15, 0.2) is 24.2 Å². The van der Waals surface area contributed by atoms with E-state index in [1.54, 1.807) is 18.2 Å². The molecular formula is C22H21N3O4. The molecule has 7 nitrogen and oxygen atoms in total. The van der Waals surface area contributed by atoms with Crippen molar-refractivity contribution in [1.29, 1.82) is 5.26 Å². The number of carbonyl (C=O) groups is 1. The maximum Gasteiger partial charge on any atom is 0.253 e. The molecule has 0 radical (unpaired) electrons. The summed E-state index contributed by atoms with van der Waals surface area (Å²) in [5, 5.41) is 22.5. The lowest BCUT2D eigenvalue weighted by Gasteiger charge is -2.13. The standard InChI is InChI=1S/C22H21N3O4/c1-28-20-12-15(6-7-19(20)29-11-9-23)8-10-24-22(27)21(26)17-13-16-4-2-3-5-18(16)25-14-17/h2-7,12-14,21,26H,8,10-11H2,1H3,(H,24,27). The van der Waals surface area contributed by atoms with Crippen LogP contribution in [0.15, 0.2) is 54.7 Å². The fourth-order valence-corrected chi connectivity index (χ4v) is 2.91. The van der Waals surface area contributed by atoms with E-state index in [9.17, 15) is 9.90 Å². The van der Waals surface area contributed by atoms with Gasteiger partial charge in [0, 0.05) is 23.7 Å². The Labute approximate surface area is 168 Å². The predicted molar refractivity (Wildman–Crippen MR) is 108 cm³/mol. The summed E-state index contributed by atoms with van der Waals surface area (Å²) in [7, 11) is 1.52. The molecule has 7 heteroatoms. The number of benzene rings is 2. The van der Waals surface area contributed by atoms with E-state index >= 15 is 0 Å². The molecule has 3 rings (SSSR count). The van der Waals surface area contributed by atoms with Gasteiger partial charge in [0.2, 0.25) is 0 Å². The first-order valence-electron chi connectivity index (χ1n) is 9.09. The van der Waals surface area contributed by atoms with Gasteiger partial charge in [-0.15, -0.1) is 0 Å². The van der Waals surface area contributed by atoms with Crippen molar-refractivity contribution in [1.82, 2.24) is 10.3 Å². The number of pyridine rings is 1. The van der Waals surface area contributed by atoms with Crippen LogP contribution < -0.4 is 14.8 Å². The number of nitrogens with zero attached hydrogens (tertiary/aromatic N) is 2. The highest BCUT2D eigenvalue weighted by atomic mass is 16.5. The molecule has 1 heterocycles. The maximum absolute atomic E-state index is 12.3. The summed E-state index contributed by atoms with van der Waals surface area (Å²) in [5.74, 6) is 0.524. The lowest BCUT2D eigenvalue weighted by Crippen LogP contribution is -2.31. The van der Waals surface area contributed by atoms with Crippen LogP contribution >= 0.6 is 0 Å². The molecule has 0 saturated heterocycles. The van der Waals surface area contributed by atoms with Crippen molar-refractivity contribution in [3.8, 4) is 17.6 Å². The highest BCUT2D eigenvalue weighted by molar-refractivity contribution is 5.84. The minimum absolute atomic E-state index is 0.0622. The SMILES string of the molecule is COc1cc(CCNC(=O)C(O)c2cnc3ccccc3c2)ccc1OCC#N. The van der Waals surface area contributed by atoms with Crippen LogP contribution in [0.3, 0.4) is 0 Å². The number of carbonyl (C=O) groups excluding carboxylic acids is 1. The topological polar surface area (TPSA) is 104 Å². The Balaban J connectivity index is 1.58. The third-order valence-corrected chi connectivity index (χ3v) is 4.41. The Kier molecular flexibility index (Phi) is 6.61. The first kappa shape index (κ1) is 20.1. The van der Waals surface area contributed by atoms with Gasteiger partial charge in [-0.1, -0.05) is 24.3 Å². The van der Waals surface area contributed by atoms with Crippen molar-refractivity contribution in [3.05, 3.63) is 65.9 Å². The second-order valence-electron chi connectivity index (χ2n) is 6.34. The van der Waals surface area contributed by atoms with Crippen LogP contribution in [0.1, 0.15) is 17.2 Å². The van der Waals surface area contributed by atoms with E-state index in [1.807, 2.05) is 36.4 Å². The number of para-hydroxylation sites is 1. The Hall–Kier alpha value is -3.63. The van der Waals surface area contributed by atoms with Crippen molar-refractivity contribution in [2.75, 3.05) is 20.3 Å². The molecule has 0 aliphatic heterocycles. The number of rotatable bonds is 8. The molecule has 29 heavy (non-hydrogen) atoms. The monoisotopic (exact) mass is 391 g/mol. The Morgan fingerprint density at radius 3 is 2.86 bits per heavy atom. The van der Waals surface area contributed by atoms with Crippen LogP contribution in [0.2, 0.25) is 0 Å². The molecule has 0 fully saturated rings. The van der Waals surface area contributed by atoms with Crippen LogP contribution in [0, 0.1) is 11.3 Å². The Bertz CT molecular complexity index is 1050. The lowest BCUT2D eigenvalue weighted by atomic mass is 10.1. The molecule has 0 bridgehead atoms. The molecule has 1 unspecified atom stereocenters. The molecular weight excluding hydrogens is 370 g/mol. The number of aliphatic hydroxyl groups is 1. The molecule has 0 spiro atoms. The third kappa shape index (κ3) is 5.00. The molecule has 3 aromatic rings. The van der Waals surface area contributed by atoms with Gasteiger partial charge in [0.05, 0.1) is 12.6 Å². The summed E-state index contributed by atoms with van der Waals surface area (Å²) in [5.41, 5.74) is 2.18. The number of methoxy groups -OCH3 is 1. The van der Waals surface area contributed by atoms with Crippen LogP contribution in [-0.4, -0.2) is 36.3 Å². The van der Waals surface area contributed by atoms with E-state index in [-0.39, 0.29) is 6.61 Å². The Morgan fingerprint density at radius 2 is 2.07 bits per heavy atom.